The van der Waals surface area contributed by atoms with Gasteiger partial charge in [-0.2, -0.15) is 0 Å². The Morgan fingerprint density at radius 1 is 1.41 bits per heavy atom. The van der Waals surface area contributed by atoms with Crippen molar-refractivity contribution in [2.45, 2.75) is 64.5 Å². The van der Waals surface area contributed by atoms with Gasteiger partial charge in [-0.05, 0) is 52.9 Å². The van der Waals surface area contributed by atoms with Crippen LogP contribution < -0.4 is 0 Å². The summed E-state index contributed by atoms with van der Waals surface area (Å²) in [6.45, 7) is 6.54. The molecule has 0 aliphatic carbocycles. The molecule has 1 rings (SSSR count). The zero-order valence-electron chi connectivity index (χ0n) is 11.2. The number of halogens is 1. The van der Waals surface area contributed by atoms with E-state index in [2.05, 4.69) is 0 Å². The first-order chi connectivity index (χ1) is 7.94. The first-order valence-corrected chi connectivity index (χ1v) is 7.03. The summed E-state index contributed by atoms with van der Waals surface area (Å²) in [6, 6.07) is 0.317. The highest BCUT2D eigenvalue weighted by molar-refractivity contribution is 6.17. The van der Waals surface area contributed by atoms with Gasteiger partial charge in [0, 0.05) is 18.5 Å². The van der Waals surface area contributed by atoms with Crippen LogP contribution in [0.1, 0.15) is 52.9 Å². The molecule has 1 aliphatic heterocycles. The van der Waals surface area contributed by atoms with E-state index in [1.165, 1.54) is 6.42 Å². The molecule has 0 unspecified atom stereocenters. The van der Waals surface area contributed by atoms with Crippen molar-refractivity contribution in [2.75, 3.05) is 12.4 Å². The summed E-state index contributed by atoms with van der Waals surface area (Å²) in [4.78, 5) is 13.9. The molecule has 1 saturated heterocycles. The molecule has 0 saturated carbocycles. The van der Waals surface area contributed by atoms with Crippen molar-refractivity contribution in [3.8, 4) is 0 Å². The van der Waals surface area contributed by atoms with E-state index in [4.69, 9.17) is 16.3 Å². The molecule has 0 aromatic carbocycles. The minimum absolute atomic E-state index is 0.170. The molecule has 1 fully saturated rings. The number of amides is 1. The maximum Gasteiger partial charge on any atom is 0.410 e. The molecule has 0 radical (unpaired) electrons. The number of nitrogens with zero attached hydrogens (tertiary/aromatic N) is 1. The van der Waals surface area contributed by atoms with E-state index >= 15 is 0 Å². The second kappa shape index (κ2) is 6.48. The summed E-state index contributed by atoms with van der Waals surface area (Å²) in [6.07, 6.45) is 5.14. The summed E-state index contributed by atoms with van der Waals surface area (Å²) in [7, 11) is 0. The number of ether oxygens (including phenoxy) is 1. The predicted octanol–water partition coefficient (Wildman–Crippen LogP) is 3.80. The molecule has 0 spiro atoms. The lowest BCUT2D eigenvalue weighted by atomic mass is 9.99. The SMILES string of the molecule is CC(C)(C)OC(=O)N1CCCC[C@@H]1CCCCl. The minimum Gasteiger partial charge on any atom is -0.444 e. The number of piperidine rings is 1. The van der Waals surface area contributed by atoms with Gasteiger partial charge in [-0.3, -0.25) is 0 Å². The van der Waals surface area contributed by atoms with Crippen molar-refractivity contribution in [1.29, 1.82) is 0 Å². The van der Waals surface area contributed by atoms with Gasteiger partial charge in [0.25, 0.3) is 0 Å². The Hall–Kier alpha value is -0.440. The Morgan fingerprint density at radius 3 is 2.71 bits per heavy atom. The van der Waals surface area contributed by atoms with Crippen molar-refractivity contribution in [3.05, 3.63) is 0 Å². The quantitative estimate of drug-likeness (QED) is 0.724. The number of alkyl halides is 1. The number of carbonyl (C=O) groups is 1. The van der Waals surface area contributed by atoms with Crippen molar-refractivity contribution < 1.29 is 9.53 Å². The fraction of sp³-hybridized carbons (Fsp3) is 0.923. The summed E-state index contributed by atoms with van der Waals surface area (Å²) >= 11 is 5.72. The fourth-order valence-corrected chi connectivity index (χ4v) is 2.33. The zero-order chi connectivity index (χ0) is 12.9. The molecule has 1 aliphatic rings. The van der Waals surface area contributed by atoms with Gasteiger partial charge in [-0.25, -0.2) is 4.79 Å². The van der Waals surface area contributed by atoms with Gasteiger partial charge in [0.15, 0.2) is 0 Å². The molecule has 1 amide bonds. The van der Waals surface area contributed by atoms with Gasteiger partial charge in [0.05, 0.1) is 0 Å². The highest BCUT2D eigenvalue weighted by Gasteiger charge is 2.29. The molecular formula is C13H24ClNO2. The van der Waals surface area contributed by atoms with Gasteiger partial charge in [0.1, 0.15) is 5.60 Å². The topological polar surface area (TPSA) is 29.5 Å². The van der Waals surface area contributed by atoms with Gasteiger partial charge in [-0.15, -0.1) is 11.6 Å². The fourth-order valence-electron chi connectivity index (χ4n) is 2.17. The Balaban J connectivity index is 2.54. The van der Waals surface area contributed by atoms with E-state index in [-0.39, 0.29) is 6.09 Å². The molecule has 0 aromatic heterocycles. The number of rotatable bonds is 3. The maximum absolute atomic E-state index is 12.1. The molecule has 0 aromatic rings. The third-order valence-electron chi connectivity index (χ3n) is 2.93. The van der Waals surface area contributed by atoms with E-state index in [9.17, 15) is 4.79 Å². The van der Waals surface area contributed by atoms with Gasteiger partial charge >= 0.3 is 6.09 Å². The largest absolute Gasteiger partial charge is 0.444 e. The summed E-state index contributed by atoms with van der Waals surface area (Å²) in [5.74, 6) is 0.665. The van der Waals surface area contributed by atoms with Crippen LogP contribution in [0.3, 0.4) is 0 Å². The van der Waals surface area contributed by atoms with Crippen LogP contribution in [0.15, 0.2) is 0 Å². The number of hydrogen-bond acceptors (Lipinski definition) is 2. The molecule has 17 heavy (non-hydrogen) atoms. The van der Waals surface area contributed by atoms with Crippen molar-refractivity contribution in [1.82, 2.24) is 4.90 Å². The maximum atomic E-state index is 12.1. The average Bonchev–Trinajstić information content (AvgIpc) is 2.24. The second-order valence-electron chi connectivity index (χ2n) is 5.65. The number of likely N-dealkylation sites (tertiary alicyclic amines) is 1. The smallest absolute Gasteiger partial charge is 0.410 e. The molecule has 100 valence electrons. The normalized spacial score (nSPS) is 21.4. The highest BCUT2D eigenvalue weighted by Crippen LogP contribution is 2.23. The van der Waals surface area contributed by atoms with Crippen LogP contribution in [0.4, 0.5) is 4.79 Å². The first-order valence-electron chi connectivity index (χ1n) is 6.49. The summed E-state index contributed by atoms with van der Waals surface area (Å²) in [5.41, 5.74) is -0.411. The average molecular weight is 262 g/mol. The van der Waals surface area contributed by atoms with Crippen LogP contribution in [0.2, 0.25) is 0 Å². The molecule has 1 heterocycles. The molecule has 1 atom stereocenters. The Labute approximate surface area is 109 Å². The zero-order valence-corrected chi connectivity index (χ0v) is 11.9. The molecular weight excluding hydrogens is 238 g/mol. The monoisotopic (exact) mass is 261 g/mol. The van der Waals surface area contributed by atoms with Crippen LogP contribution in [-0.2, 0) is 4.74 Å². The molecule has 4 heteroatoms. The third kappa shape index (κ3) is 5.15. The molecule has 0 N–H and O–H groups in total. The molecule has 0 bridgehead atoms. The summed E-state index contributed by atoms with van der Waals surface area (Å²) < 4.78 is 5.44. The Bertz CT molecular complexity index is 250. The lowest BCUT2D eigenvalue weighted by molar-refractivity contribution is 0.00883. The number of hydrogen-bond donors (Lipinski definition) is 0. The van der Waals surface area contributed by atoms with E-state index in [0.717, 1.165) is 32.2 Å². The van der Waals surface area contributed by atoms with Crippen molar-refractivity contribution >= 4 is 17.7 Å². The van der Waals surface area contributed by atoms with Gasteiger partial charge in [-0.1, -0.05) is 0 Å². The second-order valence-corrected chi connectivity index (χ2v) is 6.03. The van der Waals surface area contributed by atoms with Crippen LogP contribution in [0.5, 0.6) is 0 Å². The van der Waals surface area contributed by atoms with Gasteiger partial charge in [0.2, 0.25) is 0 Å². The van der Waals surface area contributed by atoms with E-state index in [1.807, 2.05) is 25.7 Å². The van der Waals surface area contributed by atoms with Crippen molar-refractivity contribution in [2.24, 2.45) is 0 Å². The minimum atomic E-state index is -0.411. The lowest BCUT2D eigenvalue weighted by Crippen LogP contribution is -2.46. The van der Waals surface area contributed by atoms with Crippen LogP contribution in [-0.4, -0.2) is 35.1 Å². The van der Waals surface area contributed by atoms with Crippen LogP contribution in [0, 0.1) is 0 Å². The van der Waals surface area contributed by atoms with Crippen LogP contribution >= 0.6 is 11.6 Å². The van der Waals surface area contributed by atoms with E-state index in [0.29, 0.717) is 11.9 Å². The van der Waals surface area contributed by atoms with E-state index in [1.54, 1.807) is 0 Å². The van der Waals surface area contributed by atoms with E-state index < -0.39 is 5.60 Å². The first kappa shape index (κ1) is 14.6. The van der Waals surface area contributed by atoms with Crippen molar-refractivity contribution in [3.63, 3.8) is 0 Å². The highest BCUT2D eigenvalue weighted by atomic mass is 35.5. The summed E-state index contributed by atoms with van der Waals surface area (Å²) in [5, 5.41) is 0. The van der Waals surface area contributed by atoms with Gasteiger partial charge < -0.3 is 9.64 Å². The molecule has 3 nitrogen and oxygen atoms in total. The predicted molar refractivity (Wildman–Crippen MR) is 70.5 cm³/mol. The lowest BCUT2D eigenvalue weighted by Gasteiger charge is -2.36. The Kier molecular flexibility index (Phi) is 5.57. The third-order valence-corrected chi connectivity index (χ3v) is 3.19. The standard InChI is InChI=1S/C13H24ClNO2/c1-13(2,3)17-12(16)15-10-5-4-7-11(15)8-6-9-14/h11H,4-10H2,1-3H3/t11-/m1/s1. The van der Waals surface area contributed by atoms with Crippen LogP contribution in [0.25, 0.3) is 0 Å². The number of carbonyl (C=O) groups excluding carboxylic acids is 1. The Morgan fingerprint density at radius 2 is 2.12 bits per heavy atom.